The summed E-state index contributed by atoms with van der Waals surface area (Å²) in [5.41, 5.74) is 6.97. The molecule has 0 spiro atoms. The van der Waals surface area contributed by atoms with Gasteiger partial charge in [-0.25, -0.2) is 0 Å². The molecule has 102 valence electrons. The van der Waals surface area contributed by atoms with Crippen LogP contribution in [0, 0.1) is 6.92 Å². The number of amides is 1. The van der Waals surface area contributed by atoms with Gasteiger partial charge in [-0.1, -0.05) is 42.5 Å². The summed E-state index contributed by atoms with van der Waals surface area (Å²) in [5.74, 6) is -0.920. The molecule has 0 saturated carbocycles. The molecule has 2 aromatic carbocycles. The third-order valence-electron chi connectivity index (χ3n) is 2.96. The topological polar surface area (TPSA) is 69.4 Å². The van der Waals surface area contributed by atoms with E-state index >= 15 is 0 Å². The van der Waals surface area contributed by atoms with Gasteiger partial charge in [0.25, 0.3) is 5.91 Å². The van der Waals surface area contributed by atoms with Gasteiger partial charge < -0.3 is 10.5 Å². The molecule has 0 radical (unpaired) electrons. The van der Waals surface area contributed by atoms with Crippen molar-refractivity contribution in [2.75, 3.05) is 0 Å². The summed E-state index contributed by atoms with van der Waals surface area (Å²) in [5, 5.41) is 0. The van der Waals surface area contributed by atoms with Crippen molar-refractivity contribution in [1.29, 1.82) is 0 Å². The summed E-state index contributed by atoms with van der Waals surface area (Å²) in [6.45, 7) is 2.15. The number of para-hydroxylation sites is 1. The van der Waals surface area contributed by atoms with Crippen LogP contribution in [-0.4, -0.2) is 11.7 Å². The van der Waals surface area contributed by atoms with Crippen LogP contribution < -0.4 is 10.5 Å². The molecule has 2 rings (SSSR count). The highest BCUT2D eigenvalue weighted by Crippen LogP contribution is 2.19. The second kappa shape index (κ2) is 6.02. The van der Waals surface area contributed by atoms with Crippen molar-refractivity contribution in [3.8, 4) is 5.75 Å². The molecule has 0 aliphatic heterocycles. The largest absolute Gasteiger partial charge is 0.489 e. The van der Waals surface area contributed by atoms with E-state index in [1.54, 1.807) is 24.3 Å². The molecule has 20 heavy (non-hydrogen) atoms. The quantitative estimate of drug-likeness (QED) is 0.668. The van der Waals surface area contributed by atoms with E-state index in [4.69, 9.17) is 10.5 Å². The summed E-state index contributed by atoms with van der Waals surface area (Å²) in [6, 6.07) is 14.4. The lowest BCUT2D eigenvalue weighted by Gasteiger charge is -2.11. The van der Waals surface area contributed by atoms with E-state index in [9.17, 15) is 9.59 Å². The highest BCUT2D eigenvalue weighted by Gasteiger charge is 2.16. The van der Waals surface area contributed by atoms with Crippen molar-refractivity contribution >= 4 is 11.7 Å². The van der Waals surface area contributed by atoms with E-state index in [0.29, 0.717) is 5.56 Å². The lowest BCUT2D eigenvalue weighted by Crippen LogP contribution is -2.24. The molecule has 0 aromatic heterocycles. The molecular formula is C16H15NO3. The standard InChI is InChI=1S/C16H15NO3/c1-11-6-2-5-9-14(11)20-10-12-7-3-4-8-13(12)15(18)16(17)19/h2-9H,10H2,1H3,(H2,17,19). The second-order valence-corrected chi connectivity index (χ2v) is 4.40. The first-order valence-corrected chi connectivity index (χ1v) is 6.20. The zero-order valence-electron chi connectivity index (χ0n) is 11.1. The van der Waals surface area contributed by atoms with Crippen LogP contribution in [0.4, 0.5) is 0 Å². The number of ketones is 1. The Balaban J connectivity index is 2.20. The maximum atomic E-state index is 11.7. The fraction of sp³-hybridized carbons (Fsp3) is 0.125. The van der Waals surface area contributed by atoms with Gasteiger partial charge in [0.1, 0.15) is 12.4 Å². The molecule has 1 amide bonds. The number of aryl methyl sites for hydroxylation is 1. The third kappa shape index (κ3) is 3.03. The molecule has 0 fully saturated rings. The maximum absolute atomic E-state index is 11.7. The van der Waals surface area contributed by atoms with Crippen LogP contribution in [-0.2, 0) is 11.4 Å². The van der Waals surface area contributed by atoms with Gasteiger partial charge in [-0.2, -0.15) is 0 Å². The smallest absolute Gasteiger partial charge is 0.289 e. The molecular weight excluding hydrogens is 254 g/mol. The van der Waals surface area contributed by atoms with Crippen molar-refractivity contribution in [3.63, 3.8) is 0 Å². The fourth-order valence-electron chi connectivity index (χ4n) is 1.87. The normalized spacial score (nSPS) is 10.1. The number of hydrogen-bond donors (Lipinski definition) is 1. The van der Waals surface area contributed by atoms with Crippen LogP contribution in [0.15, 0.2) is 48.5 Å². The number of benzene rings is 2. The zero-order valence-corrected chi connectivity index (χ0v) is 11.1. The molecule has 0 unspecified atom stereocenters. The number of nitrogens with two attached hydrogens (primary N) is 1. The Morgan fingerprint density at radius 1 is 1.05 bits per heavy atom. The fourth-order valence-corrected chi connectivity index (χ4v) is 1.87. The van der Waals surface area contributed by atoms with Crippen molar-refractivity contribution < 1.29 is 14.3 Å². The number of Topliss-reactive ketones (excluding diaryl/α,β-unsaturated/α-hetero) is 1. The van der Waals surface area contributed by atoms with Gasteiger partial charge in [-0.05, 0) is 18.6 Å². The van der Waals surface area contributed by atoms with Crippen molar-refractivity contribution in [2.45, 2.75) is 13.5 Å². The SMILES string of the molecule is Cc1ccccc1OCc1ccccc1C(=O)C(N)=O. The first-order valence-electron chi connectivity index (χ1n) is 6.20. The van der Waals surface area contributed by atoms with Gasteiger partial charge in [-0.15, -0.1) is 0 Å². The first-order chi connectivity index (χ1) is 9.59. The van der Waals surface area contributed by atoms with E-state index in [-0.39, 0.29) is 12.2 Å². The van der Waals surface area contributed by atoms with Crippen molar-refractivity contribution in [2.24, 2.45) is 5.73 Å². The van der Waals surface area contributed by atoms with Crippen LogP contribution in [0.1, 0.15) is 21.5 Å². The highest BCUT2D eigenvalue weighted by molar-refractivity contribution is 6.42. The van der Waals surface area contributed by atoms with Gasteiger partial charge in [0.2, 0.25) is 5.78 Å². The van der Waals surface area contributed by atoms with E-state index in [1.807, 2.05) is 31.2 Å². The lowest BCUT2D eigenvalue weighted by molar-refractivity contribution is -0.114. The molecule has 0 aliphatic rings. The van der Waals surface area contributed by atoms with Gasteiger partial charge in [0.15, 0.2) is 0 Å². The Morgan fingerprint density at radius 2 is 1.70 bits per heavy atom. The molecule has 4 heteroatoms. The average Bonchev–Trinajstić information content (AvgIpc) is 2.46. The number of hydrogen-bond acceptors (Lipinski definition) is 3. The Bertz CT molecular complexity index is 650. The predicted octanol–water partition coefficient (Wildman–Crippen LogP) is 2.24. The van der Waals surface area contributed by atoms with Gasteiger partial charge in [0.05, 0.1) is 0 Å². The lowest BCUT2D eigenvalue weighted by atomic mass is 10.0. The highest BCUT2D eigenvalue weighted by atomic mass is 16.5. The van der Waals surface area contributed by atoms with Gasteiger partial charge in [-0.3, -0.25) is 9.59 Å². The van der Waals surface area contributed by atoms with E-state index in [1.165, 1.54) is 0 Å². The summed E-state index contributed by atoms with van der Waals surface area (Å²) >= 11 is 0. The second-order valence-electron chi connectivity index (χ2n) is 4.40. The van der Waals surface area contributed by atoms with Crippen molar-refractivity contribution in [1.82, 2.24) is 0 Å². The number of primary amides is 1. The number of rotatable bonds is 5. The van der Waals surface area contributed by atoms with E-state index in [0.717, 1.165) is 11.3 Å². The Kier molecular flexibility index (Phi) is 4.15. The van der Waals surface area contributed by atoms with Crippen LogP contribution in [0.2, 0.25) is 0 Å². The Labute approximate surface area is 117 Å². The van der Waals surface area contributed by atoms with Crippen LogP contribution >= 0.6 is 0 Å². The molecule has 2 N–H and O–H groups in total. The van der Waals surface area contributed by atoms with Crippen LogP contribution in [0.25, 0.3) is 0 Å². The Morgan fingerprint density at radius 3 is 2.40 bits per heavy atom. The maximum Gasteiger partial charge on any atom is 0.289 e. The predicted molar refractivity (Wildman–Crippen MR) is 75.5 cm³/mol. The first kappa shape index (κ1) is 13.8. The molecule has 0 bridgehead atoms. The van der Waals surface area contributed by atoms with Gasteiger partial charge in [0, 0.05) is 11.1 Å². The monoisotopic (exact) mass is 269 g/mol. The number of ether oxygens (including phenoxy) is 1. The summed E-state index contributed by atoms with van der Waals surface area (Å²) in [4.78, 5) is 22.7. The third-order valence-corrected chi connectivity index (χ3v) is 2.96. The molecule has 0 atom stereocenters. The summed E-state index contributed by atoms with van der Waals surface area (Å²) < 4.78 is 5.69. The molecule has 4 nitrogen and oxygen atoms in total. The minimum atomic E-state index is -0.964. The minimum Gasteiger partial charge on any atom is -0.489 e. The Hall–Kier alpha value is -2.62. The van der Waals surface area contributed by atoms with E-state index in [2.05, 4.69) is 0 Å². The number of carbonyl (C=O) groups excluding carboxylic acids is 2. The average molecular weight is 269 g/mol. The molecule has 0 aliphatic carbocycles. The molecule has 2 aromatic rings. The van der Waals surface area contributed by atoms with Crippen molar-refractivity contribution in [3.05, 3.63) is 65.2 Å². The number of carbonyl (C=O) groups is 2. The minimum absolute atomic E-state index is 0.208. The molecule has 0 heterocycles. The summed E-state index contributed by atoms with van der Waals surface area (Å²) in [7, 11) is 0. The van der Waals surface area contributed by atoms with Gasteiger partial charge >= 0.3 is 0 Å². The van der Waals surface area contributed by atoms with Crippen LogP contribution in [0.3, 0.4) is 0 Å². The van der Waals surface area contributed by atoms with Crippen LogP contribution in [0.5, 0.6) is 5.75 Å². The van der Waals surface area contributed by atoms with E-state index < -0.39 is 11.7 Å². The molecule has 0 saturated heterocycles. The summed E-state index contributed by atoms with van der Waals surface area (Å²) in [6.07, 6.45) is 0. The zero-order chi connectivity index (χ0) is 14.5.